The average molecular weight is 477 g/mol. The van der Waals surface area contributed by atoms with Crippen molar-refractivity contribution in [2.45, 2.75) is 0 Å². The number of ketones is 1. The van der Waals surface area contributed by atoms with Crippen molar-refractivity contribution in [2.75, 3.05) is 48.4 Å². The summed E-state index contributed by atoms with van der Waals surface area (Å²) in [4.78, 5) is 12.3. The normalized spacial score (nSPS) is 12.0. The molecule has 0 aromatic heterocycles. The first kappa shape index (κ1) is 26.0. The number of hydrogen-bond acceptors (Lipinski definition) is 8. The molecule has 0 aliphatic rings. The highest BCUT2D eigenvalue weighted by molar-refractivity contribution is 7.95. The molecule has 0 saturated heterocycles. The Bertz CT molecular complexity index is 966. The second-order valence-electron chi connectivity index (χ2n) is 6.54. The van der Waals surface area contributed by atoms with Gasteiger partial charge in [-0.1, -0.05) is 6.08 Å². The maximum atomic E-state index is 12.4. The molecule has 0 spiro atoms. The molecule has 178 valence electrons. The average Bonchev–Trinajstić information content (AvgIpc) is 2.84. The van der Waals surface area contributed by atoms with Crippen molar-refractivity contribution >= 4 is 29.1 Å². The Morgan fingerprint density at radius 1 is 0.727 bits per heavy atom. The van der Waals surface area contributed by atoms with Crippen LogP contribution >= 0.6 is 0 Å². The van der Waals surface area contributed by atoms with Crippen LogP contribution in [0.2, 0.25) is 0 Å². The lowest BCUT2D eigenvalue weighted by Gasteiger charge is -2.13. The molecular formula is C24H28O8S. The molecule has 2 aromatic rings. The van der Waals surface area contributed by atoms with Crippen molar-refractivity contribution in [2.24, 2.45) is 0 Å². The number of rotatable bonds is 12. The van der Waals surface area contributed by atoms with Gasteiger partial charge in [0.15, 0.2) is 28.8 Å². The summed E-state index contributed by atoms with van der Waals surface area (Å²) in [7, 11) is 9.09. The third-order valence-electron chi connectivity index (χ3n) is 4.53. The smallest absolute Gasteiger partial charge is 0.205 e. The molecule has 33 heavy (non-hydrogen) atoms. The van der Waals surface area contributed by atoms with Gasteiger partial charge in [0.25, 0.3) is 0 Å². The third-order valence-corrected chi connectivity index (χ3v) is 5.54. The Kier molecular flexibility index (Phi) is 9.96. The fourth-order valence-electron chi connectivity index (χ4n) is 2.98. The monoisotopic (exact) mass is 476 g/mol. The van der Waals surface area contributed by atoms with Crippen molar-refractivity contribution in [3.05, 3.63) is 46.9 Å². The van der Waals surface area contributed by atoms with Crippen LogP contribution < -0.4 is 28.4 Å². The summed E-state index contributed by atoms with van der Waals surface area (Å²) in [6, 6.07) is 6.88. The predicted octanol–water partition coefficient (Wildman–Crippen LogP) is 3.74. The number of allylic oxidation sites excluding steroid dienone is 1. The van der Waals surface area contributed by atoms with E-state index in [2.05, 4.69) is 0 Å². The lowest BCUT2D eigenvalue weighted by atomic mass is 10.1. The van der Waals surface area contributed by atoms with Crippen molar-refractivity contribution in [1.29, 1.82) is 0 Å². The molecule has 0 saturated carbocycles. The van der Waals surface area contributed by atoms with Gasteiger partial charge < -0.3 is 33.0 Å². The molecule has 9 heteroatoms. The number of hydrogen-bond donors (Lipinski definition) is 0. The second-order valence-corrected chi connectivity index (χ2v) is 7.87. The summed E-state index contributed by atoms with van der Waals surface area (Å²) < 4.78 is 44.2. The number of methoxy groups -OCH3 is 6. The summed E-state index contributed by atoms with van der Waals surface area (Å²) in [6.45, 7) is 0. The maximum Gasteiger partial charge on any atom is 0.205 e. The fraction of sp³-hybridized carbons (Fsp3) is 0.292. The van der Waals surface area contributed by atoms with Gasteiger partial charge in [0.1, 0.15) is 5.41 Å². The van der Waals surface area contributed by atoms with Gasteiger partial charge in [-0.15, -0.1) is 0 Å². The molecule has 0 fully saturated rings. The summed E-state index contributed by atoms with van der Waals surface area (Å²) in [6.07, 6.45) is 4.61. The molecule has 0 heterocycles. The first-order valence-electron chi connectivity index (χ1n) is 9.77. The topological polar surface area (TPSA) is 95.5 Å². The van der Waals surface area contributed by atoms with Crippen LogP contribution in [0, 0.1) is 0 Å². The van der Waals surface area contributed by atoms with Gasteiger partial charge in [-0.3, -0.25) is 4.79 Å². The zero-order chi connectivity index (χ0) is 24.4. The van der Waals surface area contributed by atoms with E-state index in [1.807, 2.05) is 0 Å². The Hall–Kier alpha value is -3.30. The highest BCUT2D eigenvalue weighted by Gasteiger charge is 2.14. The van der Waals surface area contributed by atoms with Gasteiger partial charge in [0, 0.05) is 0 Å². The lowest BCUT2D eigenvalue weighted by molar-refractivity contribution is -0.112. The van der Waals surface area contributed by atoms with Crippen LogP contribution in [0.4, 0.5) is 0 Å². The van der Waals surface area contributed by atoms with Crippen molar-refractivity contribution in [3.63, 3.8) is 0 Å². The van der Waals surface area contributed by atoms with Crippen LogP contribution in [0.15, 0.2) is 35.7 Å². The van der Waals surface area contributed by atoms with Crippen LogP contribution in [0.25, 0.3) is 12.2 Å². The number of ether oxygens (including phenoxy) is 6. The molecule has 1 unspecified atom stereocenters. The van der Waals surface area contributed by atoms with Gasteiger partial charge in [-0.25, -0.2) is 0 Å². The van der Waals surface area contributed by atoms with Crippen molar-refractivity contribution in [1.82, 2.24) is 0 Å². The van der Waals surface area contributed by atoms with Gasteiger partial charge in [0.05, 0.1) is 42.7 Å². The van der Waals surface area contributed by atoms with Crippen molar-refractivity contribution < 1.29 is 37.8 Å². The molecule has 2 aromatic carbocycles. The molecule has 0 aliphatic carbocycles. The standard InChI is InChI=1S/C24H28O8S/c1-27-19-11-16(12-20(28-2)23(19)31-5)7-8-18(25)15-33(26)10-9-17-13-21(29-3)24(32-6)22(14-17)30-4/h7-14H,15H2,1-6H3/b8-7+,10-9-. The van der Waals surface area contributed by atoms with Gasteiger partial charge in [-0.05, 0) is 58.7 Å². The molecule has 0 bridgehead atoms. The van der Waals surface area contributed by atoms with Gasteiger partial charge in [0.2, 0.25) is 17.3 Å². The Labute approximate surface area is 196 Å². The third kappa shape index (κ3) is 6.84. The molecule has 0 radical (unpaired) electrons. The van der Waals surface area contributed by atoms with Crippen LogP contribution in [-0.4, -0.2) is 58.7 Å². The van der Waals surface area contributed by atoms with Crippen LogP contribution in [0.1, 0.15) is 11.1 Å². The SMILES string of the molecule is COc1cc(/C=C\[S+]([O-])CC(=O)/C=C/c2cc(OC)c(OC)c(OC)c2)cc(OC)c1OC. The van der Waals surface area contributed by atoms with Crippen LogP contribution in [0.5, 0.6) is 34.5 Å². The van der Waals surface area contributed by atoms with E-state index in [0.717, 1.165) is 0 Å². The van der Waals surface area contributed by atoms with Gasteiger partial charge in [-0.2, -0.15) is 0 Å². The van der Waals surface area contributed by atoms with Crippen LogP contribution in [-0.2, 0) is 16.0 Å². The largest absolute Gasteiger partial charge is 0.612 e. The van der Waals surface area contributed by atoms with E-state index in [0.29, 0.717) is 45.6 Å². The van der Waals surface area contributed by atoms with Crippen LogP contribution in [0.3, 0.4) is 0 Å². The summed E-state index contributed by atoms with van der Waals surface area (Å²) in [5.41, 5.74) is 1.37. The van der Waals surface area contributed by atoms with E-state index in [9.17, 15) is 9.35 Å². The summed E-state index contributed by atoms with van der Waals surface area (Å²) in [5.74, 6) is 2.37. The molecule has 8 nitrogen and oxygen atoms in total. The van der Waals surface area contributed by atoms with E-state index < -0.39 is 11.2 Å². The molecule has 0 aliphatic heterocycles. The minimum atomic E-state index is -1.51. The van der Waals surface area contributed by atoms with E-state index in [-0.39, 0.29) is 11.5 Å². The summed E-state index contributed by atoms with van der Waals surface area (Å²) in [5, 5.41) is 1.45. The zero-order valence-corrected chi connectivity index (χ0v) is 20.3. The number of carbonyl (C=O) groups is 1. The highest BCUT2D eigenvalue weighted by atomic mass is 32.2. The number of carbonyl (C=O) groups excluding carboxylic acids is 1. The quantitative estimate of drug-likeness (QED) is 0.338. The lowest BCUT2D eigenvalue weighted by Crippen LogP contribution is -2.11. The molecule has 0 N–H and O–H groups in total. The van der Waals surface area contributed by atoms with Gasteiger partial charge >= 0.3 is 0 Å². The fourth-order valence-corrected chi connectivity index (χ4v) is 3.76. The first-order chi connectivity index (χ1) is 15.9. The maximum absolute atomic E-state index is 12.4. The van der Waals surface area contributed by atoms with Crippen molar-refractivity contribution in [3.8, 4) is 34.5 Å². The highest BCUT2D eigenvalue weighted by Crippen LogP contribution is 2.39. The Balaban J connectivity index is 2.09. The Morgan fingerprint density at radius 2 is 1.12 bits per heavy atom. The van der Waals surface area contributed by atoms with E-state index in [1.54, 1.807) is 36.4 Å². The molecule has 1 atom stereocenters. The summed E-state index contributed by atoms with van der Waals surface area (Å²) >= 11 is -1.51. The predicted molar refractivity (Wildman–Crippen MR) is 128 cm³/mol. The first-order valence-corrected chi connectivity index (χ1v) is 11.1. The second kappa shape index (κ2) is 12.7. The van der Waals surface area contributed by atoms with E-state index in [4.69, 9.17) is 28.4 Å². The molecular weight excluding hydrogens is 448 g/mol. The van der Waals surface area contributed by atoms with E-state index >= 15 is 0 Å². The van der Waals surface area contributed by atoms with E-state index in [1.165, 1.54) is 54.1 Å². The Morgan fingerprint density at radius 3 is 1.48 bits per heavy atom. The zero-order valence-electron chi connectivity index (χ0n) is 19.5. The number of benzene rings is 2. The molecule has 0 amide bonds. The minimum absolute atomic E-state index is 0.165. The molecule has 2 rings (SSSR count). The minimum Gasteiger partial charge on any atom is -0.612 e.